The molecule has 1 N–H and O–H groups in total. The molecule has 2 atom stereocenters. The van der Waals surface area contributed by atoms with E-state index in [1.165, 1.54) is 18.3 Å². The van der Waals surface area contributed by atoms with Crippen molar-refractivity contribution < 1.29 is 14.1 Å². The lowest BCUT2D eigenvalue weighted by atomic mass is 9.80. The average molecular weight is 406 g/mol. The Morgan fingerprint density at radius 3 is 2.87 bits per heavy atom. The molecule has 3 heterocycles. The van der Waals surface area contributed by atoms with Crippen LogP contribution in [0.4, 0.5) is 5.88 Å². The quantitative estimate of drug-likeness (QED) is 0.404. The van der Waals surface area contributed by atoms with Gasteiger partial charge >= 0.3 is 5.88 Å². The van der Waals surface area contributed by atoms with Crippen molar-refractivity contribution in [1.29, 1.82) is 0 Å². The maximum Gasteiger partial charge on any atom is 0.433 e. The predicted octanol–water partition coefficient (Wildman–Crippen LogP) is 3.48. The second-order valence-corrected chi connectivity index (χ2v) is 7.60. The lowest BCUT2D eigenvalue weighted by Gasteiger charge is -2.28. The molecular weight excluding hydrogens is 388 g/mol. The molecule has 1 aliphatic carbocycles. The number of furan rings is 1. The number of aromatic nitrogens is 1. The third-order valence-electron chi connectivity index (χ3n) is 5.98. The summed E-state index contributed by atoms with van der Waals surface area (Å²) in [6.07, 6.45) is 7.27. The zero-order valence-electron chi connectivity index (χ0n) is 15.9. The number of fused-ring (bicyclic) bond motifs is 3. The number of nitrogens with zero attached hydrogens (tertiary/aromatic N) is 3. The number of hydrogen-bond acceptors (Lipinski definition) is 6. The highest BCUT2D eigenvalue weighted by Crippen LogP contribution is 2.49. The highest BCUT2D eigenvalue weighted by Gasteiger charge is 2.38. The van der Waals surface area contributed by atoms with E-state index in [4.69, 9.17) is 4.42 Å². The van der Waals surface area contributed by atoms with Gasteiger partial charge in [-0.1, -0.05) is 12.8 Å². The normalized spacial score (nSPS) is 19.9. The lowest BCUT2D eigenvalue weighted by Crippen LogP contribution is -2.21. The van der Waals surface area contributed by atoms with E-state index in [2.05, 4.69) is 15.1 Å². The molecule has 0 bridgehead atoms. The van der Waals surface area contributed by atoms with Crippen LogP contribution in [0.3, 0.4) is 0 Å². The first-order chi connectivity index (χ1) is 14.5. The minimum Gasteiger partial charge on any atom is -0.400 e. The molecule has 0 radical (unpaired) electrons. The second-order valence-electron chi connectivity index (χ2n) is 7.60. The third-order valence-corrected chi connectivity index (χ3v) is 5.98. The highest BCUT2D eigenvalue weighted by molar-refractivity contribution is 6.02. The molecular formula is C21H18N4O5. The Balaban J connectivity index is 1.48. The molecule has 2 aliphatic rings. The first-order valence-corrected chi connectivity index (χ1v) is 9.80. The Labute approximate surface area is 170 Å². The zero-order valence-corrected chi connectivity index (χ0v) is 15.9. The summed E-state index contributed by atoms with van der Waals surface area (Å²) in [5, 5.41) is 15.2. The van der Waals surface area contributed by atoms with Gasteiger partial charge in [0.05, 0.1) is 17.8 Å². The van der Waals surface area contributed by atoms with Gasteiger partial charge in [0.2, 0.25) is 0 Å². The molecule has 2 unspecified atom stereocenters. The van der Waals surface area contributed by atoms with Crippen LogP contribution in [0, 0.1) is 10.1 Å². The number of amides is 1. The van der Waals surface area contributed by atoms with E-state index in [1.807, 2.05) is 6.20 Å². The van der Waals surface area contributed by atoms with Gasteiger partial charge in [-0.3, -0.25) is 19.7 Å². The average Bonchev–Trinajstić information content (AvgIpc) is 3.35. The van der Waals surface area contributed by atoms with Crippen molar-refractivity contribution in [2.75, 3.05) is 0 Å². The topological polar surface area (TPSA) is 120 Å². The molecule has 1 aromatic carbocycles. The number of carbonyl (C=O) groups excluding carboxylic acids is 1. The van der Waals surface area contributed by atoms with E-state index in [0.717, 1.165) is 36.8 Å². The van der Waals surface area contributed by atoms with E-state index < -0.39 is 16.7 Å². The van der Waals surface area contributed by atoms with Crippen LogP contribution in [-0.4, -0.2) is 21.6 Å². The summed E-state index contributed by atoms with van der Waals surface area (Å²) in [4.78, 5) is 35.3. The van der Waals surface area contributed by atoms with Crippen molar-refractivity contribution in [3.63, 3.8) is 0 Å². The van der Waals surface area contributed by atoms with Crippen LogP contribution in [0.1, 0.15) is 59.3 Å². The van der Waals surface area contributed by atoms with Crippen LogP contribution in [-0.2, 0) is 0 Å². The molecule has 9 nitrogen and oxygen atoms in total. The van der Waals surface area contributed by atoms with Gasteiger partial charge in [-0.15, -0.1) is 0 Å². The van der Waals surface area contributed by atoms with Gasteiger partial charge < -0.3 is 8.98 Å². The van der Waals surface area contributed by atoms with Gasteiger partial charge in [-0.05, 0) is 36.6 Å². The van der Waals surface area contributed by atoms with Crippen LogP contribution >= 0.6 is 0 Å². The first kappa shape index (κ1) is 18.3. The standard InChI is InChI=1S/C21H18N4O5/c26-17-9-10-24-16-4-2-1-3-13(16)19-15(7-6-14(17)20(19)24)21(27)23-22-11-12-5-8-18(30-12)25(28)29/h5-11,13,16H,1-4H2,(H,23,27). The van der Waals surface area contributed by atoms with Crippen LogP contribution < -0.4 is 10.9 Å². The number of pyridine rings is 1. The summed E-state index contributed by atoms with van der Waals surface area (Å²) in [6, 6.07) is 7.85. The van der Waals surface area contributed by atoms with Crippen LogP contribution in [0.25, 0.3) is 10.9 Å². The van der Waals surface area contributed by atoms with E-state index >= 15 is 0 Å². The van der Waals surface area contributed by atoms with Crippen molar-refractivity contribution in [1.82, 2.24) is 9.99 Å². The summed E-state index contributed by atoms with van der Waals surface area (Å²) in [7, 11) is 0. The highest BCUT2D eigenvalue weighted by atomic mass is 16.6. The zero-order chi connectivity index (χ0) is 20.8. The van der Waals surface area contributed by atoms with E-state index in [0.29, 0.717) is 10.9 Å². The molecule has 0 saturated heterocycles. The van der Waals surface area contributed by atoms with Gasteiger partial charge in [0.15, 0.2) is 11.2 Å². The maximum absolute atomic E-state index is 12.9. The van der Waals surface area contributed by atoms with Crippen molar-refractivity contribution >= 4 is 28.9 Å². The molecule has 9 heteroatoms. The molecule has 3 aromatic rings. The molecule has 30 heavy (non-hydrogen) atoms. The first-order valence-electron chi connectivity index (χ1n) is 9.80. The predicted molar refractivity (Wildman–Crippen MR) is 109 cm³/mol. The van der Waals surface area contributed by atoms with Gasteiger partial charge in [-0.2, -0.15) is 5.10 Å². The summed E-state index contributed by atoms with van der Waals surface area (Å²) >= 11 is 0. The van der Waals surface area contributed by atoms with Crippen LogP contribution in [0.15, 0.2) is 50.8 Å². The van der Waals surface area contributed by atoms with Crippen LogP contribution in [0.5, 0.6) is 0 Å². The lowest BCUT2D eigenvalue weighted by molar-refractivity contribution is -0.402. The summed E-state index contributed by atoms with van der Waals surface area (Å²) in [5.41, 5.74) is 4.68. The Hall–Kier alpha value is -3.75. The molecule has 1 amide bonds. The number of nitrogens with one attached hydrogen (secondary N) is 1. The summed E-state index contributed by atoms with van der Waals surface area (Å²) in [5.74, 6) is -0.432. The molecule has 0 spiro atoms. The van der Waals surface area contributed by atoms with E-state index in [9.17, 15) is 19.7 Å². The number of hydrogen-bond donors (Lipinski definition) is 1. The number of carbonyl (C=O) groups is 1. The van der Waals surface area contributed by atoms with E-state index in [1.54, 1.807) is 18.2 Å². The Morgan fingerprint density at radius 2 is 2.07 bits per heavy atom. The maximum atomic E-state index is 12.9. The van der Waals surface area contributed by atoms with E-state index in [-0.39, 0.29) is 23.1 Å². The molecule has 2 aromatic heterocycles. The number of benzene rings is 1. The smallest absolute Gasteiger partial charge is 0.400 e. The SMILES string of the molecule is O=C(NN=Cc1ccc([N+](=O)[O-])o1)c1ccc2c(=O)ccn3c2c1C1CCCCC13. The molecule has 5 rings (SSSR count). The molecule has 152 valence electrons. The van der Waals surface area contributed by atoms with Gasteiger partial charge in [0.25, 0.3) is 5.91 Å². The van der Waals surface area contributed by atoms with Gasteiger partial charge in [0, 0.05) is 35.2 Å². The second kappa shape index (κ2) is 6.94. The number of nitro groups is 1. The van der Waals surface area contributed by atoms with Crippen molar-refractivity contribution in [3.05, 3.63) is 73.8 Å². The molecule has 1 saturated carbocycles. The molecule has 1 aliphatic heterocycles. The fourth-order valence-electron chi connectivity index (χ4n) is 4.75. The van der Waals surface area contributed by atoms with Crippen LogP contribution in [0.2, 0.25) is 0 Å². The Bertz CT molecular complexity index is 1270. The van der Waals surface area contributed by atoms with Gasteiger partial charge in [-0.25, -0.2) is 5.43 Å². The summed E-state index contributed by atoms with van der Waals surface area (Å²) < 4.78 is 7.14. The van der Waals surface area contributed by atoms with Gasteiger partial charge in [0.1, 0.15) is 4.92 Å². The number of rotatable bonds is 4. The van der Waals surface area contributed by atoms with Crippen molar-refractivity contribution in [3.8, 4) is 0 Å². The number of hydrazone groups is 1. The Morgan fingerprint density at radius 1 is 1.23 bits per heavy atom. The largest absolute Gasteiger partial charge is 0.433 e. The van der Waals surface area contributed by atoms with Crippen molar-refractivity contribution in [2.45, 2.75) is 37.6 Å². The van der Waals surface area contributed by atoms with Crippen molar-refractivity contribution in [2.24, 2.45) is 5.10 Å². The third kappa shape index (κ3) is 2.81. The minimum atomic E-state index is -0.646. The fraction of sp³-hybridized carbons (Fsp3) is 0.286. The minimum absolute atomic E-state index is 0.0504. The molecule has 1 fully saturated rings. The summed E-state index contributed by atoms with van der Waals surface area (Å²) in [6.45, 7) is 0. The fourth-order valence-corrected chi connectivity index (χ4v) is 4.75. The Kier molecular flexibility index (Phi) is 4.23. The monoisotopic (exact) mass is 406 g/mol.